The van der Waals surface area contributed by atoms with Crippen LogP contribution in [0.5, 0.6) is 5.75 Å². The van der Waals surface area contributed by atoms with Gasteiger partial charge >= 0.3 is 0 Å². The van der Waals surface area contributed by atoms with Gasteiger partial charge in [0.2, 0.25) is 0 Å². The molecule has 4 aromatic rings. The molecule has 1 N–H and O–H groups in total. The van der Waals surface area contributed by atoms with E-state index in [1.807, 2.05) is 47.2 Å². The van der Waals surface area contributed by atoms with Gasteiger partial charge in [-0.3, -0.25) is 0 Å². The van der Waals surface area contributed by atoms with Crippen molar-refractivity contribution in [1.82, 2.24) is 19.8 Å². The van der Waals surface area contributed by atoms with Crippen molar-refractivity contribution in [1.29, 1.82) is 0 Å². The van der Waals surface area contributed by atoms with Gasteiger partial charge in [-0.15, -0.1) is 15.3 Å². The van der Waals surface area contributed by atoms with Crippen LogP contribution in [0.3, 0.4) is 0 Å². The summed E-state index contributed by atoms with van der Waals surface area (Å²) in [6, 6.07) is 13.8. The van der Waals surface area contributed by atoms with E-state index in [1.165, 1.54) is 5.56 Å². The lowest BCUT2D eigenvalue weighted by Gasteiger charge is -2.09. The molecule has 4 rings (SSSR count). The Hall–Kier alpha value is -2.93. The van der Waals surface area contributed by atoms with Crippen molar-refractivity contribution in [2.75, 3.05) is 18.5 Å². The number of nitrogens with zero attached hydrogens (tertiary/aromatic N) is 4. The Kier molecular flexibility index (Phi) is 4.30. The molecule has 0 aliphatic carbocycles. The molecule has 3 heterocycles. The Bertz CT molecular complexity index is 980. The van der Waals surface area contributed by atoms with Crippen molar-refractivity contribution >= 4 is 22.8 Å². The second-order valence-electron chi connectivity index (χ2n) is 5.62. The van der Waals surface area contributed by atoms with Crippen molar-refractivity contribution in [3.05, 3.63) is 58.8 Å². The first-order valence-electron chi connectivity index (χ1n) is 7.98. The molecule has 0 bridgehead atoms. The Labute approximate surface area is 149 Å². The van der Waals surface area contributed by atoms with Crippen LogP contribution >= 0.6 is 11.3 Å². The summed E-state index contributed by atoms with van der Waals surface area (Å²) < 4.78 is 7.50. The fourth-order valence-electron chi connectivity index (χ4n) is 2.51. The number of rotatable bonds is 6. The van der Waals surface area contributed by atoms with Gasteiger partial charge in [0, 0.05) is 10.9 Å². The van der Waals surface area contributed by atoms with Crippen LogP contribution in [-0.2, 0) is 0 Å². The zero-order valence-electron chi connectivity index (χ0n) is 13.7. The van der Waals surface area contributed by atoms with E-state index >= 15 is 0 Å². The van der Waals surface area contributed by atoms with Gasteiger partial charge in [0.25, 0.3) is 0 Å². The van der Waals surface area contributed by atoms with Gasteiger partial charge in [0.1, 0.15) is 18.2 Å². The summed E-state index contributed by atoms with van der Waals surface area (Å²) in [5, 5.41) is 20.3. The highest BCUT2D eigenvalue weighted by Crippen LogP contribution is 2.20. The van der Waals surface area contributed by atoms with E-state index in [-0.39, 0.29) is 0 Å². The molecule has 0 aliphatic heterocycles. The third-order valence-corrected chi connectivity index (χ3v) is 4.39. The molecule has 0 aliphatic rings. The smallest absolute Gasteiger partial charge is 0.186 e. The van der Waals surface area contributed by atoms with E-state index in [9.17, 15) is 0 Å². The number of hydrogen-bond donors (Lipinski definition) is 1. The molecule has 0 radical (unpaired) electrons. The average molecular weight is 351 g/mol. The van der Waals surface area contributed by atoms with Gasteiger partial charge < -0.3 is 10.1 Å². The summed E-state index contributed by atoms with van der Waals surface area (Å²) in [7, 11) is 0. The summed E-state index contributed by atoms with van der Waals surface area (Å²) in [4.78, 5) is 0. The Balaban J connectivity index is 1.42. The van der Waals surface area contributed by atoms with Gasteiger partial charge in [0.05, 0.1) is 6.54 Å². The molecule has 25 heavy (non-hydrogen) atoms. The molecule has 0 unspecified atom stereocenters. The monoisotopic (exact) mass is 351 g/mol. The number of fused-ring (bicyclic) bond motifs is 1. The third-order valence-electron chi connectivity index (χ3n) is 3.71. The molecule has 0 fully saturated rings. The van der Waals surface area contributed by atoms with E-state index in [0.717, 1.165) is 28.6 Å². The predicted octanol–water partition coefficient (Wildman–Crippen LogP) is 3.65. The number of thiophene rings is 1. The predicted molar refractivity (Wildman–Crippen MR) is 99.3 cm³/mol. The lowest BCUT2D eigenvalue weighted by Crippen LogP contribution is -2.13. The van der Waals surface area contributed by atoms with Crippen molar-refractivity contribution in [3.63, 3.8) is 0 Å². The summed E-state index contributed by atoms with van der Waals surface area (Å²) in [6.45, 7) is 3.26. The summed E-state index contributed by atoms with van der Waals surface area (Å²) in [5.41, 5.74) is 2.93. The molecule has 0 amide bonds. The maximum absolute atomic E-state index is 5.74. The lowest BCUT2D eigenvalue weighted by atomic mass is 10.2. The second kappa shape index (κ2) is 6.90. The van der Waals surface area contributed by atoms with Gasteiger partial charge in [0.15, 0.2) is 11.5 Å². The van der Waals surface area contributed by atoms with E-state index in [1.54, 1.807) is 15.9 Å². The molecule has 6 nitrogen and oxygen atoms in total. The van der Waals surface area contributed by atoms with Crippen LogP contribution in [0.2, 0.25) is 0 Å². The maximum Gasteiger partial charge on any atom is 0.186 e. The minimum atomic E-state index is 0.558. The second-order valence-corrected chi connectivity index (χ2v) is 6.40. The largest absolute Gasteiger partial charge is 0.492 e. The SMILES string of the molecule is Cc1cccc(OCCNc2ccc3nnc(-c4ccsc4)n3n2)c1. The molecule has 0 atom stereocenters. The normalized spacial score (nSPS) is 10.9. The maximum atomic E-state index is 5.74. The number of benzene rings is 1. The van der Waals surface area contributed by atoms with E-state index in [4.69, 9.17) is 4.74 Å². The van der Waals surface area contributed by atoms with Gasteiger partial charge in [-0.2, -0.15) is 15.9 Å². The molecule has 3 aromatic heterocycles. The van der Waals surface area contributed by atoms with Crippen LogP contribution in [0.4, 0.5) is 5.82 Å². The number of aryl methyl sites for hydroxylation is 1. The minimum absolute atomic E-state index is 0.558. The molecular formula is C18H17N5OS. The lowest BCUT2D eigenvalue weighted by molar-refractivity contribution is 0.332. The highest BCUT2D eigenvalue weighted by Gasteiger charge is 2.10. The van der Waals surface area contributed by atoms with Crippen LogP contribution in [0.25, 0.3) is 17.0 Å². The number of ether oxygens (including phenoxy) is 1. The first-order chi connectivity index (χ1) is 12.3. The van der Waals surface area contributed by atoms with Gasteiger partial charge in [-0.25, -0.2) is 0 Å². The number of hydrogen-bond acceptors (Lipinski definition) is 6. The van der Waals surface area contributed by atoms with Crippen LogP contribution in [0.1, 0.15) is 5.56 Å². The zero-order chi connectivity index (χ0) is 17.1. The van der Waals surface area contributed by atoms with Crippen molar-refractivity contribution in [2.45, 2.75) is 6.92 Å². The first-order valence-corrected chi connectivity index (χ1v) is 8.92. The standard InChI is InChI=1S/C18H17N5OS/c1-13-3-2-4-15(11-13)24-9-8-19-16-5-6-17-20-21-18(23(17)22-16)14-7-10-25-12-14/h2-7,10-12H,8-9H2,1H3,(H,19,22). The number of anilines is 1. The van der Waals surface area contributed by atoms with Crippen molar-refractivity contribution in [3.8, 4) is 17.1 Å². The van der Waals surface area contributed by atoms with Gasteiger partial charge in [-0.1, -0.05) is 12.1 Å². The molecule has 0 saturated carbocycles. The van der Waals surface area contributed by atoms with Crippen LogP contribution < -0.4 is 10.1 Å². The fraction of sp³-hybridized carbons (Fsp3) is 0.167. The van der Waals surface area contributed by atoms with E-state index < -0.39 is 0 Å². The first kappa shape index (κ1) is 15.6. The molecule has 0 saturated heterocycles. The number of aromatic nitrogens is 4. The van der Waals surface area contributed by atoms with E-state index in [0.29, 0.717) is 13.2 Å². The fourth-order valence-corrected chi connectivity index (χ4v) is 3.14. The van der Waals surface area contributed by atoms with Crippen molar-refractivity contribution < 1.29 is 4.74 Å². The minimum Gasteiger partial charge on any atom is -0.492 e. The quantitative estimate of drug-likeness (QED) is 0.537. The third kappa shape index (κ3) is 3.46. The summed E-state index contributed by atoms with van der Waals surface area (Å²) in [5.74, 6) is 2.39. The molecule has 0 spiro atoms. The molecular weight excluding hydrogens is 334 g/mol. The van der Waals surface area contributed by atoms with Gasteiger partial charge in [-0.05, 0) is 48.2 Å². The Morgan fingerprint density at radius 2 is 2.12 bits per heavy atom. The van der Waals surface area contributed by atoms with E-state index in [2.05, 4.69) is 33.6 Å². The topological polar surface area (TPSA) is 64.3 Å². The Morgan fingerprint density at radius 3 is 2.96 bits per heavy atom. The number of nitrogens with one attached hydrogen (secondary N) is 1. The van der Waals surface area contributed by atoms with Crippen LogP contribution in [-0.4, -0.2) is 33.0 Å². The Morgan fingerprint density at radius 1 is 1.16 bits per heavy atom. The zero-order valence-corrected chi connectivity index (χ0v) is 14.5. The van der Waals surface area contributed by atoms with Crippen molar-refractivity contribution in [2.24, 2.45) is 0 Å². The molecule has 7 heteroatoms. The van der Waals surface area contributed by atoms with Crippen LogP contribution in [0.15, 0.2) is 53.2 Å². The highest BCUT2D eigenvalue weighted by atomic mass is 32.1. The summed E-state index contributed by atoms with van der Waals surface area (Å²) >= 11 is 1.63. The summed E-state index contributed by atoms with van der Waals surface area (Å²) in [6.07, 6.45) is 0. The average Bonchev–Trinajstić information content (AvgIpc) is 3.27. The molecule has 1 aromatic carbocycles. The highest BCUT2D eigenvalue weighted by molar-refractivity contribution is 7.08. The van der Waals surface area contributed by atoms with Crippen LogP contribution in [0, 0.1) is 6.92 Å². The molecule has 126 valence electrons.